The Kier molecular flexibility index (Phi) is 3.63. The molecule has 64 valence electrons. The highest BCUT2D eigenvalue weighted by atomic mass is 35.5. The van der Waals surface area contributed by atoms with Crippen LogP contribution in [0.4, 0.5) is 0 Å². The molecule has 0 saturated heterocycles. The molecule has 0 N–H and O–H groups in total. The fourth-order valence-corrected chi connectivity index (χ4v) is 1.59. The van der Waals surface area contributed by atoms with Crippen LogP contribution in [-0.2, 0) is 4.79 Å². The third-order valence-electron chi connectivity index (χ3n) is 1.58. The molecule has 1 unspecified atom stereocenters. The predicted octanol–water partition coefficient (Wildman–Crippen LogP) is 2.94. The number of aldehydes is 1. The summed E-state index contributed by atoms with van der Waals surface area (Å²) in [5.41, 5.74) is 1.00. The van der Waals surface area contributed by atoms with Crippen LogP contribution in [0, 0.1) is 0 Å². The van der Waals surface area contributed by atoms with Crippen LogP contribution in [0.1, 0.15) is 10.8 Å². The molecular weight excluding hydrogens is 192 g/mol. The van der Waals surface area contributed by atoms with E-state index < -0.39 is 0 Å². The molecule has 1 aromatic rings. The van der Waals surface area contributed by atoms with Crippen LogP contribution in [0.15, 0.2) is 24.3 Å². The van der Waals surface area contributed by atoms with Crippen molar-refractivity contribution in [2.45, 2.75) is 5.25 Å². The predicted molar refractivity (Wildman–Crippen MR) is 53.8 cm³/mol. The van der Waals surface area contributed by atoms with E-state index in [2.05, 4.69) is 0 Å². The van der Waals surface area contributed by atoms with Gasteiger partial charge in [0, 0.05) is 5.02 Å². The van der Waals surface area contributed by atoms with Crippen LogP contribution in [0.2, 0.25) is 5.02 Å². The molecule has 0 heterocycles. The van der Waals surface area contributed by atoms with Crippen molar-refractivity contribution in [3.8, 4) is 0 Å². The van der Waals surface area contributed by atoms with Gasteiger partial charge in [-0.25, -0.2) is 0 Å². The lowest BCUT2D eigenvalue weighted by atomic mass is 10.2. The lowest BCUT2D eigenvalue weighted by molar-refractivity contribution is -0.107. The number of rotatable bonds is 3. The smallest absolute Gasteiger partial charge is 0.137 e. The van der Waals surface area contributed by atoms with Gasteiger partial charge < -0.3 is 4.79 Å². The molecule has 0 amide bonds. The van der Waals surface area contributed by atoms with E-state index in [-0.39, 0.29) is 5.25 Å². The normalized spacial score (nSPS) is 12.5. The molecule has 0 aliphatic carbocycles. The molecule has 0 saturated carbocycles. The van der Waals surface area contributed by atoms with Gasteiger partial charge in [-0.1, -0.05) is 23.7 Å². The minimum Gasteiger partial charge on any atom is -0.302 e. The largest absolute Gasteiger partial charge is 0.302 e. The Morgan fingerprint density at radius 2 is 2.00 bits per heavy atom. The quantitative estimate of drug-likeness (QED) is 0.698. The summed E-state index contributed by atoms with van der Waals surface area (Å²) in [7, 11) is 0. The summed E-state index contributed by atoms with van der Waals surface area (Å²) < 4.78 is 0. The summed E-state index contributed by atoms with van der Waals surface area (Å²) in [6, 6.07) is 7.34. The molecule has 1 aromatic carbocycles. The van der Waals surface area contributed by atoms with Crippen LogP contribution >= 0.6 is 23.4 Å². The molecule has 0 spiro atoms. The molecule has 0 fully saturated rings. The second-order valence-corrected chi connectivity index (χ2v) is 3.76. The first-order valence-corrected chi connectivity index (χ1v) is 5.18. The highest BCUT2D eigenvalue weighted by Gasteiger charge is 2.06. The monoisotopic (exact) mass is 200 g/mol. The van der Waals surface area contributed by atoms with Crippen molar-refractivity contribution in [3.05, 3.63) is 34.9 Å². The third kappa shape index (κ3) is 2.26. The maximum absolute atomic E-state index is 10.6. The van der Waals surface area contributed by atoms with E-state index in [1.807, 2.05) is 18.4 Å². The van der Waals surface area contributed by atoms with Gasteiger partial charge in [-0.05, 0) is 24.0 Å². The molecule has 1 atom stereocenters. The van der Waals surface area contributed by atoms with E-state index in [1.165, 1.54) is 11.8 Å². The number of carbonyl (C=O) groups is 1. The van der Waals surface area contributed by atoms with Gasteiger partial charge >= 0.3 is 0 Å². The summed E-state index contributed by atoms with van der Waals surface area (Å²) in [6.07, 6.45) is 2.85. The number of benzene rings is 1. The Morgan fingerprint density at radius 3 is 2.42 bits per heavy atom. The van der Waals surface area contributed by atoms with E-state index in [0.29, 0.717) is 5.02 Å². The zero-order chi connectivity index (χ0) is 8.97. The van der Waals surface area contributed by atoms with Crippen LogP contribution < -0.4 is 0 Å². The summed E-state index contributed by atoms with van der Waals surface area (Å²) in [4.78, 5) is 10.6. The molecule has 3 heteroatoms. The summed E-state index contributed by atoms with van der Waals surface area (Å²) >= 11 is 7.23. The average molecular weight is 201 g/mol. The Bertz CT molecular complexity index is 258. The molecule has 1 nitrogen and oxygen atoms in total. The van der Waals surface area contributed by atoms with Crippen molar-refractivity contribution in [1.29, 1.82) is 0 Å². The second-order valence-electron chi connectivity index (χ2n) is 2.34. The molecule has 0 aliphatic rings. The number of halogens is 1. The van der Waals surface area contributed by atoms with Gasteiger partial charge in [-0.3, -0.25) is 0 Å². The van der Waals surface area contributed by atoms with Crippen molar-refractivity contribution in [2.75, 3.05) is 6.26 Å². The van der Waals surface area contributed by atoms with Crippen LogP contribution in [0.25, 0.3) is 0 Å². The van der Waals surface area contributed by atoms with Crippen molar-refractivity contribution in [3.63, 3.8) is 0 Å². The zero-order valence-corrected chi connectivity index (χ0v) is 8.23. The van der Waals surface area contributed by atoms with Crippen LogP contribution in [0.3, 0.4) is 0 Å². The zero-order valence-electron chi connectivity index (χ0n) is 6.66. The molecule has 1 rings (SSSR count). The number of thioether (sulfide) groups is 1. The minimum atomic E-state index is -0.0673. The molecule has 0 radical (unpaired) electrons. The molecule has 0 aromatic heterocycles. The third-order valence-corrected chi connectivity index (χ3v) is 2.72. The van der Waals surface area contributed by atoms with Gasteiger partial charge in [0.2, 0.25) is 0 Å². The molecule has 0 aliphatic heterocycles. The van der Waals surface area contributed by atoms with Crippen molar-refractivity contribution in [1.82, 2.24) is 0 Å². The molecular formula is C9H9ClOS. The summed E-state index contributed by atoms with van der Waals surface area (Å²) in [5, 5.41) is 0.631. The number of carbonyl (C=O) groups excluding carboxylic acids is 1. The number of hydrogen-bond donors (Lipinski definition) is 0. The van der Waals surface area contributed by atoms with Crippen LogP contribution in [-0.4, -0.2) is 12.5 Å². The van der Waals surface area contributed by atoms with E-state index in [4.69, 9.17) is 11.6 Å². The van der Waals surface area contributed by atoms with E-state index in [1.54, 1.807) is 12.1 Å². The Hall–Kier alpha value is -0.470. The first kappa shape index (κ1) is 9.62. The fraction of sp³-hybridized carbons (Fsp3) is 0.222. The van der Waals surface area contributed by atoms with E-state index in [0.717, 1.165) is 11.8 Å². The van der Waals surface area contributed by atoms with Crippen molar-refractivity contribution < 1.29 is 4.79 Å². The highest BCUT2D eigenvalue weighted by Crippen LogP contribution is 2.24. The Morgan fingerprint density at radius 1 is 1.42 bits per heavy atom. The summed E-state index contributed by atoms with van der Waals surface area (Å²) in [6.45, 7) is 0. The second kappa shape index (κ2) is 4.53. The maximum atomic E-state index is 10.6. The van der Waals surface area contributed by atoms with Gasteiger partial charge in [0.05, 0.1) is 5.25 Å². The van der Waals surface area contributed by atoms with E-state index in [9.17, 15) is 4.79 Å². The standard InChI is InChI=1S/C9H9ClOS/c1-12-9(6-11)7-2-4-8(10)5-3-7/h2-6,9H,1H3. The van der Waals surface area contributed by atoms with Gasteiger partial charge in [-0.2, -0.15) is 0 Å². The molecule has 0 bridgehead atoms. The van der Waals surface area contributed by atoms with Crippen LogP contribution in [0.5, 0.6) is 0 Å². The van der Waals surface area contributed by atoms with Crippen molar-refractivity contribution >= 4 is 29.6 Å². The first-order valence-electron chi connectivity index (χ1n) is 3.51. The molecule has 12 heavy (non-hydrogen) atoms. The van der Waals surface area contributed by atoms with E-state index >= 15 is 0 Å². The Labute approximate surface area is 81.1 Å². The summed E-state index contributed by atoms with van der Waals surface area (Å²) in [5.74, 6) is 0. The number of hydrogen-bond acceptors (Lipinski definition) is 2. The lowest BCUT2D eigenvalue weighted by Crippen LogP contribution is -1.93. The van der Waals surface area contributed by atoms with Gasteiger partial charge in [0.1, 0.15) is 6.29 Å². The highest BCUT2D eigenvalue weighted by molar-refractivity contribution is 7.99. The average Bonchev–Trinajstić information content (AvgIpc) is 2.10. The lowest BCUT2D eigenvalue weighted by Gasteiger charge is -2.06. The topological polar surface area (TPSA) is 17.1 Å². The minimum absolute atomic E-state index is 0.0673. The van der Waals surface area contributed by atoms with Gasteiger partial charge in [0.15, 0.2) is 0 Å². The van der Waals surface area contributed by atoms with Gasteiger partial charge in [-0.15, -0.1) is 11.8 Å². The Balaban J connectivity index is 2.87. The first-order chi connectivity index (χ1) is 5.77. The maximum Gasteiger partial charge on any atom is 0.137 e. The fourth-order valence-electron chi connectivity index (χ4n) is 0.923. The van der Waals surface area contributed by atoms with Crippen molar-refractivity contribution in [2.24, 2.45) is 0 Å². The van der Waals surface area contributed by atoms with Gasteiger partial charge in [0.25, 0.3) is 0 Å². The SMILES string of the molecule is CSC(C=O)c1ccc(Cl)cc1.